The van der Waals surface area contributed by atoms with Crippen LogP contribution in [-0.2, 0) is 0 Å². The van der Waals surface area contributed by atoms with E-state index in [1.165, 1.54) is 0 Å². The van der Waals surface area contributed by atoms with Crippen molar-refractivity contribution in [1.29, 1.82) is 0 Å². The molecular formula is C6H12F3N3O. The average Bonchev–Trinajstić information content (AvgIpc) is 2.01. The largest absolute Gasteiger partial charge is 0.409 e. The van der Waals surface area contributed by atoms with Crippen LogP contribution < -0.4 is 11.1 Å². The van der Waals surface area contributed by atoms with Crippen LogP contribution in [0.3, 0.4) is 0 Å². The van der Waals surface area contributed by atoms with Crippen LogP contribution in [-0.4, -0.2) is 30.3 Å². The van der Waals surface area contributed by atoms with Gasteiger partial charge in [0.15, 0.2) is 5.84 Å². The van der Waals surface area contributed by atoms with Crippen molar-refractivity contribution in [1.82, 2.24) is 5.32 Å². The number of rotatable bonds is 5. The second-order valence-corrected chi connectivity index (χ2v) is 2.49. The van der Waals surface area contributed by atoms with Gasteiger partial charge in [0.05, 0.1) is 6.54 Å². The number of hydrogen-bond acceptors (Lipinski definition) is 3. The van der Waals surface area contributed by atoms with Crippen LogP contribution in [0.5, 0.6) is 0 Å². The second kappa shape index (κ2) is 5.63. The van der Waals surface area contributed by atoms with Crippen LogP contribution in [0.4, 0.5) is 13.2 Å². The molecule has 0 atom stereocenters. The Morgan fingerprint density at radius 1 is 1.46 bits per heavy atom. The molecule has 0 saturated carbocycles. The second-order valence-electron chi connectivity index (χ2n) is 2.49. The SMILES string of the molecule is NC(CNCCCC(F)(F)F)=NO. The van der Waals surface area contributed by atoms with Crippen molar-refractivity contribution < 1.29 is 18.4 Å². The molecule has 0 aromatic rings. The number of hydrogen-bond donors (Lipinski definition) is 3. The minimum absolute atomic E-state index is 0.0117. The minimum Gasteiger partial charge on any atom is -0.409 e. The maximum Gasteiger partial charge on any atom is 0.389 e. The molecule has 13 heavy (non-hydrogen) atoms. The van der Waals surface area contributed by atoms with E-state index in [4.69, 9.17) is 10.9 Å². The normalized spacial score (nSPS) is 13.3. The first-order chi connectivity index (χ1) is 5.95. The van der Waals surface area contributed by atoms with E-state index in [0.717, 1.165) is 0 Å². The lowest BCUT2D eigenvalue weighted by Gasteiger charge is -2.06. The predicted molar refractivity (Wildman–Crippen MR) is 41.6 cm³/mol. The van der Waals surface area contributed by atoms with Gasteiger partial charge in [0.1, 0.15) is 0 Å². The fourth-order valence-electron chi connectivity index (χ4n) is 0.666. The number of oxime groups is 1. The minimum atomic E-state index is -4.11. The third kappa shape index (κ3) is 8.93. The van der Waals surface area contributed by atoms with Gasteiger partial charge < -0.3 is 16.3 Å². The number of nitrogens with one attached hydrogen (secondary N) is 1. The summed E-state index contributed by atoms with van der Waals surface area (Å²) in [5.74, 6) is -0.0491. The molecule has 0 spiro atoms. The van der Waals surface area contributed by atoms with Crippen LogP contribution in [0.2, 0.25) is 0 Å². The van der Waals surface area contributed by atoms with Gasteiger partial charge in [-0.2, -0.15) is 13.2 Å². The van der Waals surface area contributed by atoms with Gasteiger partial charge in [0.2, 0.25) is 0 Å². The predicted octanol–water partition coefficient (Wildman–Crippen LogP) is 0.665. The van der Waals surface area contributed by atoms with Gasteiger partial charge in [-0.05, 0) is 13.0 Å². The Hall–Kier alpha value is -0.980. The highest BCUT2D eigenvalue weighted by molar-refractivity contribution is 5.81. The molecule has 78 valence electrons. The molecule has 0 aliphatic carbocycles. The van der Waals surface area contributed by atoms with E-state index < -0.39 is 12.6 Å². The molecule has 4 N–H and O–H groups in total. The summed E-state index contributed by atoms with van der Waals surface area (Å²) < 4.78 is 34.8. The van der Waals surface area contributed by atoms with E-state index in [9.17, 15) is 13.2 Å². The number of nitrogens with zero attached hydrogens (tertiary/aromatic N) is 1. The summed E-state index contributed by atoms with van der Waals surface area (Å²) >= 11 is 0. The Bertz CT molecular complexity index is 169. The third-order valence-corrected chi connectivity index (χ3v) is 1.25. The molecule has 0 saturated heterocycles. The van der Waals surface area contributed by atoms with Crippen molar-refractivity contribution in [2.75, 3.05) is 13.1 Å². The summed E-state index contributed by atoms with van der Waals surface area (Å²) in [5, 5.41) is 13.3. The molecule has 4 nitrogen and oxygen atoms in total. The van der Waals surface area contributed by atoms with Crippen molar-refractivity contribution in [2.24, 2.45) is 10.9 Å². The van der Waals surface area contributed by atoms with E-state index in [1.807, 2.05) is 0 Å². The lowest BCUT2D eigenvalue weighted by molar-refractivity contribution is -0.135. The first-order valence-corrected chi connectivity index (χ1v) is 3.69. The standard InChI is InChI=1S/C6H12F3N3O/c7-6(8,9)2-1-3-11-4-5(10)12-13/h11,13H,1-4H2,(H2,10,12). The summed E-state index contributed by atoms with van der Waals surface area (Å²) in [6.07, 6.45) is -4.95. The summed E-state index contributed by atoms with van der Waals surface area (Å²) in [5.41, 5.74) is 5.06. The van der Waals surface area contributed by atoms with E-state index in [0.29, 0.717) is 0 Å². The highest BCUT2D eigenvalue weighted by atomic mass is 19.4. The molecule has 0 aliphatic rings. The molecule has 7 heteroatoms. The molecule has 0 amide bonds. The van der Waals surface area contributed by atoms with Crippen molar-refractivity contribution in [3.63, 3.8) is 0 Å². The van der Waals surface area contributed by atoms with Gasteiger partial charge in [-0.25, -0.2) is 0 Å². The van der Waals surface area contributed by atoms with E-state index in [1.54, 1.807) is 0 Å². The smallest absolute Gasteiger partial charge is 0.389 e. The van der Waals surface area contributed by atoms with Gasteiger partial charge in [-0.1, -0.05) is 5.16 Å². The summed E-state index contributed by atoms with van der Waals surface area (Å²) in [7, 11) is 0. The van der Waals surface area contributed by atoms with E-state index in [-0.39, 0.29) is 25.3 Å². The summed E-state index contributed by atoms with van der Waals surface area (Å²) in [6, 6.07) is 0. The Morgan fingerprint density at radius 2 is 2.08 bits per heavy atom. The van der Waals surface area contributed by atoms with Gasteiger partial charge in [0, 0.05) is 6.42 Å². The van der Waals surface area contributed by atoms with Crippen LogP contribution in [0.15, 0.2) is 5.16 Å². The molecule has 0 bridgehead atoms. The zero-order chi connectivity index (χ0) is 10.3. The number of amidine groups is 1. The van der Waals surface area contributed by atoms with E-state index in [2.05, 4.69) is 10.5 Å². The first-order valence-electron chi connectivity index (χ1n) is 3.69. The summed E-state index contributed by atoms with van der Waals surface area (Å²) in [4.78, 5) is 0. The maximum atomic E-state index is 11.6. The van der Waals surface area contributed by atoms with Crippen LogP contribution in [0, 0.1) is 0 Å². The fraction of sp³-hybridized carbons (Fsp3) is 0.833. The van der Waals surface area contributed by atoms with Gasteiger partial charge in [-0.3, -0.25) is 0 Å². The Labute approximate surface area is 73.6 Å². The number of halogens is 3. The van der Waals surface area contributed by atoms with Crippen molar-refractivity contribution >= 4 is 5.84 Å². The number of alkyl halides is 3. The van der Waals surface area contributed by atoms with Crippen LogP contribution >= 0.6 is 0 Å². The van der Waals surface area contributed by atoms with Crippen molar-refractivity contribution in [3.05, 3.63) is 0 Å². The molecule has 0 aromatic carbocycles. The molecule has 0 aliphatic heterocycles. The number of nitrogens with two attached hydrogens (primary N) is 1. The summed E-state index contributed by atoms with van der Waals surface area (Å²) in [6.45, 7) is 0.282. The average molecular weight is 199 g/mol. The highest BCUT2D eigenvalue weighted by Gasteiger charge is 2.25. The van der Waals surface area contributed by atoms with Gasteiger partial charge in [-0.15, -0.1) is 0 Å². The fourth-order valence-corrected chi connectivity index (χ4v) is 0.666. The zero-order valence-electron chi connectivity index (χ0n) is 6.93. The molecule has 0 aromatic heterocycles. The van der Waals surface area contributed by atoms with Gasteiger partial charge >= 0.3 is 6.18 Å². The Balaban J connectivity index is 3.28. The lowest BCUT2D eigenvalue weighted by atomic mass is 10.3. The molecule has 0 unspecified atom stereocenters. The van der Waals surface area contributed by atoms with Crippen molar-refractivity contribution in [2.45, 2.75) is 19.0 Å². The maximum absolute atomic E-state index is 11.6. The zero-order valence-corrected chi connectivity index (χ0v) is 6.93. The Morgan fingerprint density at radius 3 is 2.54 bits per heavy atom. The molecule has 0 heterocycles. The van der Waals surface area contributed by atoms with Crippen LogP contribution in [0.1, 0.15) is 12.8 Å². The highest BCUT2D eigenvalue weighted by Crippen LogP contribution is 2.20. The first kappa shape index (κ1) is 12.0. The van der Waals surface area contributed by atoms with Crippen LogP contribution in [0.25, 0.3) is 0 Å². The monoisotopic (exact) mass is 199 g/mol. The topological polar surface area (TPSA) is 70.6 Å². The lowest BCUT2D eigenvalue weighted by Crippen LogP contribution is -2.30. The third-order valence-electron chi connectivity index (χ3n) is 1.25. The quantitative estimate of drug-likeness (QED) is 0.200. The molecule has 0 fully saturated rings. The van der Waals surface area contributed by atoms with E-state index >= 15 is 0 Å². The molecule has 0 radical (unpaired) electrons. The Kier molecular flexibility index (Phi) is 5.20. The van der Waals surface area contributed by atoms with Crippen molar-refractivity contribution in [3.8, 4) is 0 Å². The van der Waals surface area contributed by atoms with Gasteiger partial charge in [0.25, 0.3) is 0 Å². The molecule has 0 rings (SSSR count). The molecular weight excluding hydrogens is 187 g/mol.